The van der Waals surface area contributed by atoms with E-state index in [0.717, 1.165) is 28.3 Å². The van der Waals surface area contributed by atoms with Crippen LogP contribution in [0.4, 0.5) is 5.69 Å². The van der Waals surface area contributed by atoms with Gasteiger partial charge in [0.25, 0.3) is 11.8 Å². The summed E-state index contributed by atoms with van der Waals surface area (Å²) in [5, 5.41) is 20.0. The highest BCUT2D eigenvalue weighted by Gasteiger charge is 2.26. The molecule has 1 fully saturated rings. The average molecular weight is 364 g/mol. The largest absolute Gasteiger partial charge is 0.420 e. The van der Waals surface area contributed by atoms with Gasteiger partial charge in [0, 0.05) is 16.4 Å². The minimum Gasteiger partial charge on any atom is -0.420 e. The molecule has 0 spiro atoms. The predicted molar refractivity (Wildman–Crippen MR) is 98.1 cm³/mol. The van der Waals surface area contributed by atoms with E-state index in [0.29, 0.717) is 28.8 Å². The molecule has 3 aromatic rings. The Hall–Kier alpha value is -2.98. The van der Waals surface area contributed by atoms with Crippen molar-refractivity contribution in [3.8, 4) is 16.8 Å². The van der Waals surface area contributed by atoms with Crippen molar-refractivity contribution in [1.82, 2.24) is 10.2 Å². The van der Waals surface area contributed by atoms with Crippen molar-refractivity contribution in [2.45, 2.75) is 32.1 Å². The molecule has 1 N–H and O–H groups in total. The molecular formula is C19H16N4O2S. The second kappa shape index (κ2) is 6.73. The Kier molecular flexibility index (Phi) is 4.27. The van der Waals surface area contributed by atoms with Gasteiger partial charge in [0.15, 0.2) is 0 Å². The van der Waals surface area contributed by atoms with Crippen LogP contribution in [0.5, 0.6) is 0 Å². The third-order valence-electron chi connectivity index (χ3n) is 4.55. The molecule has 0 unspecified atom stereocenters. The molecule has 7 heteroatoms. The van der Waals surface area contributed by atoms with Crippen molar-refractivity contribution >= 4 is 22.9 Å². The lowest BCUT2D eigenvalue weighted by Crippen LogP contribution is -2.11. The second-order valence-corrected chi connectivity index (χ2v) is 7.55. The van der Waals surface area contributed by atoms with Crippen molar-refractivity contribution in [3.05, 3.63) is 52.2 Å². The Morgan fingerprint density at radius 2 is 2.08 bits per heavy atom. The zero-order valence-corrected chi connectivity index (χ0v) is 15.0. The molecule has 1 aliphatic rings. The van der Waals surface area contributed by atoms with Crippen LogP contribution < -0.4 is 5.32 Å². The molecule has 0 atom stereocenters. The molecule has 6 nitrogen and oxygen atoms in total. The molecule has 0 saturated heterocycles. The predicted octanol–water partition coefficient (Wildman–Crippen LogP) is 4.50. The molecule has 0 bridgehead atoms. The number of hydrogen-bond donors (Lipinski definition) is 1. The molecule has 0 aliphatic heterocycles. The average Bonchev–Trinajstić information content (AvgIpc) is 3.21. The third-order valence-corrected chi connectivity index (χ3v) is 5.59. The lowest BCUT2D eigenvalue weighted by molar-refractivity contribution is 0.102. The standard InChI is InChI=1S/C19H16N4O2S/c1-11-15(21-17(24)13-7-5-12(10-20)6-8-13)9-16(26-11)19-23-22-18(25-19)14-3-2-4-14/h5-9,14H,2-4H2,1H3,(H,21,24). The monoisotopic (exact) mass is 364 g/mol. The Labute approximate surface area is 154 Å². The first-order valence-electron chi connectivity index (χ1n) is 8.40. The van der Waals surface area contributed by atoms with Crippen LogP contribution in [0, 0.1) is 18.3 Å². The van der Waals surface area contributed by atoms with Gasteiger partial charge in [-0.3, -0.25) is 4.79 Å². The number of nitrogens with zero attached hydrogens (tertiary/aromatic N) is 3. The number of benzene rings is 1. The highest BCUT2D eigenvalue weighted by atomic mass is 32.1. The fraction of sp³-hybridized carbons (Fsp3) is 0.263. The van der Waals surface area contributed by atoms with Crippen LogP contribution >= 0.6 is 11.3 Å². The zero-order chi connectivity index (χ0) is 18.1. The van der Waals surface area contributed by atoms with Gasteiger partial charge in [-0.2, -0.15) is 5.26 Å². The van der Waals surface area contributed by atoms with Crippen molar-refractivity contribution < 1.29 is 9.21 Å². The van der Waals surface area contributed by atoms with Crippen LogP contribution in [0.2, 0.25) is 0 Å². The van der Waals surface area contributed by atoms with E-state index in [-0.39, 0.29) is 5.91 Å². The van der Waals surface area contributed by atoms with Gasteiger partial charge in [0.05, 0.1) is 22.2 Å². The van der Waals surface area contributed by atoms with Gasteiger partial charge in [0.1, 0.15) is 0 Å². The number of hydrogen-bond acceptors (Lipinski definition) is 6. The number of aromatic nitrogens is 2. The molecule has 1 amide bonds. The smallest absolute Gasteiger partial charge is 0.257 e. The highest BCUT2D eigenvalue weighted by molar-refractivity contribution is 7.15. The molecule has 1 aromatic carbocycles. The molecule has 0 radical (unpaired) electrons. The van der Waals surface area contributed by atoms with E-state index in [1.807, 2.05) is 19.1 Å². The lowest BCUT2D eigenvalue weighted by atomic mass is 9.85. The zero-order valence-electron chi connectivity index (χ0n) is 14.2. The van der Waals surface area contributed by atoms with E-state index >= 15 is 0 Å². The number of anilines is 1. The summed E-state index contributed by atoms with van der Waals surface area (Å²) in [5.74, 6) is 1.38. The fourth-order valence-corrected chi connectivity index (χ4v) is 3.65. The van der Waals surface area contributed by atoms with Crippen LogP contribution in [0.15, 0.2) is 34.7 Å². The summed E-state index contributed by atoms with van der Waals surface area (Å²) in [5.41, 5.74) is 1.75. The lowest BCUT2D eigenvalue weighted by Gasteiger charge is -2.20. The van der Waals surface area contributed by atoms with Gasteiger partial charge in [-0.05, 0) is 50.1 Å². The number of nitriles is 1. The van der Waals surface area contributed by atoms with Gasteiger partial charge in [0.2, 0.25) is 5.89 Å². The van der Waals surface area contributed by atoms with E-state index < -0.39 is 0 Å². The maximum Gasteiger partial charge on any atom is 0.257 e. The van der Waals surface area contributed by atoms with Crippen LogP contribution in [0.1, 0.15) is 51.9 Å². The fourth-order valence-electron chi connectivity index (χ4n) is 2.76. The van der Waals surface area contributed by atoms with Gasteiger partial charge >= 0.3 is 0 Å². The maximum absolute atomic E-state index is 12.4. The van der Waals surface area contributed by atoms with E-state index in [1.165, 1.54) is 17.8 Å². The normalized spacial score (nSPS) is 13.8. The van der Waals surface area contributed by atoms with E-state index in [2.05, 4.69) is 15.5 Å². The Balaban J connectivity index is 1.51. The third kappa shape index (κ3) is 3.11. The Morgan fingerprint density at radius 1 is 1.31 bits per heavy atom. The topological polar surface area (TPSA) is 91.8 Å². The van der Waals surface area contributed by atoms with Gasteiger partial charge in [-0.1, -0.05) is 6.42 Å². The number of nitrogens with one attached hydrogen (secondary N) is 1. The molecule has 1 aliphatic carbocycles. The minimum atomic E-state index is -0.220. The first kappa shape index (κ1) is 16.5. The van der Waals surface area contributed by atoms with Crippen molar-refractivity contribution in [2.24, 2.45) is 0 Å². The van der Waals surface area contributed by atoms with E-state index in [4.69, 9.17) is 9.68 Å². The van der Waals surface area contributed by atoms with E-state index in [9.17, 15) is 4.79 Å². The van der Waals surface area contributed by atoms with Crippen LogP contribution in [-0.2, 0) is 0 Å². The summed E-state index contributed by atoms with van der Waals surface area (Å²) in [6.07, 6.45) is 3.43. The summed E-state index contributed by atoms with van der Waals surface area (Å²) in [4.78, 5) is 14.2. The first-order chi connectivity index (χ1) is 12.6. The van der Waals surface area contributed by atoms with E-state index in [1.54, 1.807) is 24.3 Å². The summed E-state index contributed by atoms with van der Waals surface area (Å²) in [6.45, 7) is 1.94. The Morgan fingerprint density at radius 3 is 2.73 bits per heavy atom. The van der Waals surface area contributed by atoms with Crippen molar-refractivity contribution in [3.63, 3.8) is 0 Å². The quantitative estimate of drug-likeness (QED) is 0.736. The highest BCUT2D eigenvalue weighted by Crippen LogP contribution is 2.38. The van der Waals surface area contributed by atoms with Crippen LogP contribution in [-0.4, -0.2) is 16.1 Å². The number of aryl methyl sites for hydroxylation is 1. The number of thiophene rings is 1. The molecule has 2 aromatic heterocycles. The second-order valence-electron chi connectivity index (χ2n) is 6.30. The Bertz CT molecular complexity index is 993. The molecule has 2 heterocycles. The van der Waals surface area contributed by atoms with Crippen LogP contribution in [0.25, 0.3) is 10.8 Å². The van der Waals surface area contributed by atoms with Gasteiger partial charge in [-0.15, -0.1) is 21.5 Å². The SMILES string of the molecule is Cc1sc(-c2nnc(C3CCC3)o2)cc1NC(=O)c1ccc(C#N)cc1. The first-order valence-corrected chi connectivity index (χ1v) is 9.21. The van der Waals surface area contributed by atoms with Gasteiger partial charge < -0.3 is 9.73 Å². The minimum absolute atomic E-state index is 0.220. The molecule has 4 rings (SSSR count). The summed E-state index contributed by atoms with van der Waals surface area (Å²) < 4.78 is 5.80. The summed E-state index contributed by atoms with van der Waals surface area (Å²) in [6, 6.07) is 10.4. The van der Waals surface area contributed by atoms with Gasteiger partial charge in [-0.25, -0.2) is 0 Å². The van der Waals surface area contributed by atoms with Crippen LogP contribution in [0.3, 0.4) is 0 Å². The summed E-state index contributed by atoms with van der Waals surface area (Å²) in [7, 11) is 0. The summed E-state index contributed by atoms with van der Waals surface area (Å²) >= 11 is 1.51. The van der Waals surface area contributed by atoms with Crippen molar-refractivity contribution in [2.75, 3.05) is 5.32 Å². The number of carbonyl (C=O) groups excluding carboxylic acids is 1. The number of amides is 1. The van der Waals surface area contributed by atoms with Crippen molar-refractivity contribution in [1.29, 1.82) is 5.26 Å². The number of carbonyl (C=O) groups is 1. The molecule has 130 valence electrons. The molecular weight excluding hydrogens is 348 g/mol. The molecule has 1 saturated carbocycles. The molecule has 26 heavy (non-hydrogen) atoms. The number of rotatable bonds is 4. The maximum atomic E-state index is 12.4.